The number of fused-ring (bicyclic) bond motifs is 2. The van der Waals surface area contributed by atoms with Gasteiger partial charge in [0.1, 0.15) is 16.8 Å². The molecule has 2 aliphatic heterocycles. The highest BCUT2D eigenvalue weighted by atomic mass is 35.5. The number of rotatable bonds is 3. The summed E-state index contributed by atoms with van der Waals surface area (Å²) in [4.78, 5) is 22.7. The molecule has 5 rings (SSSR count). The smallest absolute Gasteiger partial charge is 0.142 e. The zero-order valence-corrected chi connectivity index (χ0v) is 15.0. The highest BCUT2D eigenvalue weighted by Gasteiger charge is 2.42. The summed E-state index contributed by atoms with van der Waals surface area (Å²) >= 11 is 6.25. The summed E-state index contributed by atoms with van der Waals surface area (Å²) in [5.41, 5.74) is 0.897. The van der Waals surface area contributed by atoms with Gasteiger partial charge in [0, 0.05) is 49.2 Å². The molecule has 0 aromatic carbocycles. The maximum atomic E-state index is 6.25. The van der Waals surface area contributed by atoms with E-state index in [4.69, 9.17) is 11.6 Å². The number of hydrogen-bond donors (Lipinski definition) is 0. The molecule has 0 aliphatic carbocycles. The fourth-order valence-electron chi connectivity index (χ4n) is 4.28. The number of hydrogen-bond acceptors (Lipinski definition) is 6. The van der Waals surface area contributed by atoms with Crippen LogP contribution in [0.25, 0.3) is 10.9 Å². The lowest BCUT2D eigenvalue weighted by Crippen LogP contribution is -2.35. The Kier molecular flexibility index (Phi) is 3.94. The number of anilines is 1. The molecule has 3 aromatic rings. The second-order valence-electron chi connectivity index (χ2n) is 7.00. The molecule has 2 fully saturated rings. The standard InChI is InChI=1S/C19H19ClN6/c20-17-9-15-14(3-1-5-21-15)19(24-17)26-10-13-4-8-25(16(13)11-26)12-18-22-6-2-7-23-18/h1-3,5-7,9,13,16H,4,8,10-12H2. The quantitative estimate of drug-likeness (QED) is 0.664. The predicted octanol–water partition coefficient (Wildman–Crippen LogP) is 2.78. The molecular formula is C19H19ClN6. The lowest BCUT2D eigenvalue weighted by atomic mass is 10.1. The predicted molar refractivity (Wildman–Crippen MR) is 101 cm³/mol. The van der Waals surface area contributed by atoms with Gasteiger partial charge in [-0.25, -0.2) is 15.0 Å². The highest BCUT2D eigenvalue weighted by Crippen LogP contribution is 2.36. The van der Waals surface area contributed by atoms with E-state index < -0.39 is 0 Å². The van der Waals surface area contributed by atoms with Crippen LogP contribution >= 0.6 is 11.6 Å². The van der Waals surface area contributed by atoms with E-state index in [1.54, 1.807) is 6.20 Å². The van der Waals surface area contributed by atoms with Gasteiger partial charge < -0.3 is 4.90 Å². The van der Waals surface area contributed by atoms with Crippen molar-refractivity contribution in [2.24, 2.45) is 5.92 Å². The van der Waals surface area contributed by atoms with Gasteiger partial charge in [0.15, 0.2) is 0 Å². The lowest BCUT2D eigenvalue weighted by molar-refractivity contribution is 0.240. The summed E-state index contributed by atoms with van der Waals surface area (Å²) in [7, 11) is 0. The first-order valence-electron chi connectivity index (χ1n) is 8.94. The van der Waals surface area contributed by atoms with Crippen molar-refractivity contribution in [3.05, 3.63) is 53.8 Å². The first-order valence-corrected chi connectivity index (χ1v) is 9.32. The number of aromatic nitrogens is 4. The van der Waals surface area contributed by atoms with Crippen molar-refractivity contribution in [1.82, 2.24) is 24.8 Å². The van der Waals surface area contributed by atoms with E-state index in [0.717, 1.165) is 48.7 Å². The molecule has 7 heteroatoms. The van der Waals surface area contributed by atoms with Crippen molar-refractivity contribution in [3.8, 4) is 0 Å². The van der Waals surface area contributed by atoms with E-state index in [9.17, 15) is 0 Å². The maximum Gasteiger partial charge on any atom is 0.142 e. The Morgan fingerprint density at radius 3 is 2.81 bits per heavy atom. The second-order valence-corrected chi connectivity index (χ2v) is 7.38. The van der Waals surface area contributed by atoms with Gasteiger partial charge in [0.25, 0.3) is 0 Å². The third kappa shape index (κ3) is 2.79. The SMILES string of the molecule is Clc1cc2ncccc2c(N2CC3CCN(Cc4ncccn4)C3C2)n1. The Balaban J connectivity index is 1.41. The highest BCUT2D eigenvalue weighted by molar-refractivity contribution is 6.30. The van der Waals surface area contributed by atoms with Gasteiger partial charge in [-0.1, -0.05) is 11.6 Å². The normalized spacial score (nSPS) is 22.9. The summed E-state index contributed by atoms with van der Waals surface area (Å²) in [5.74, 6) is 2.49. The fraction of sp³-hybridized carbons (Fsp3) is 0.368. The third-order valence-corrected chi connectivity index (χ3v) is 5.67. The van der Waals surface area contributed by atoms with Crippen molar-refractivity contribution < 1.29 is 0 Å². The van der Waals surface area contributed by atoms with Gasteiger partial charge >= 0.3 is 0 Å². The van der Waals surface area contributed by atoms with Crippen LogP contribution in [0.1, 0.15) is 12.2 Å². The average Bonchev–Trinajstić information content (AvgIpc) is 3.24. The first-order chi connectivity index (χ1) is 12.8. The van der Waals surface area contributed by atoms with Crippen LogP contribution in [0.3, 0.4) is 0 Å². The minimum atomic E-state index is 0.498. The molecule has 2 unspecified atom stereocenters. The fourth-order valence-corrected chi connectivity index (χ4v) is 4.46. The summed E-state index contributed by atoms with van der Waals surface area (Å²) in [6.45, 7) is 3.87. The van der Waals surface area contributed by atoms with Crippen molar-refractivity contribution in [2.75, 3.05) is 24.5 Å². The van der Waals surface area contributed by atoms with E-state index in [1.807, 2.05) is 30.6 Å². The van der Waals surface area contributed by atoms with Crippen molar-refractivity contribution in [2.45, 2.75) is 19.0 Å². The number of nitrogens with zero attached hydrogens (tertiary/aromatic N) is 6. The van der Waals surface area contributed by atoms with Crippen LogP contribution in [0, 0.1) is 5.92 Å². The molecule has 0 saturated carbocycles. The van der Waals surface area contributed by atoms with Gasteiger partial charge in [0.05, 0.1) is 12.1 Å². The molecule has 0 amide bonds. The Morgan fingerprint density at radius 1 is 1.08 bits per heavy atom. The first kappa shape index (κ1) is 15.9. The zero-order chi connectivity index (χ0) is 17.5. The monoisotopic (exact) mass is 366 g/mol. The number of likely N-dealkylation sites (tertiary alicyclic amines) is 1. The van der Waals surface area contributed by atoms with Crippen molar-refractivity contribution in [3.63, 3.8) is 0 Å². The Bertz CT molecular complexity index is 934. The topological polar surface area (TPSA) is 58.0 Å². The molecule has 0 radical (unpaired) electrons. The lowest BCUT2D eigenvalue weighted by Gasteiger charge is -2.25. The second kappa shape index (κ2) is 6.45. The van der Waals surface area contributed by atoms with E-state index in [0.29, 0.717) is 17.1 Å². The molecule has 2 saturated heterocycles. The minimum Gasteiger partial charge on any atom is -0.354 e. The van der Waals surface area contributed by atoms with Crippen LogP contribution in [0.5, 0.6) is 0 Å². The number of pyridine rings is 2. The van der Waals surface area contributed by atoms with Crippen molar-refractivity contribution >= 4 is 28.3 Å². The molecule has 2 atom stereocenters. The Morgan fingerprint density at radius 2 is 1.92 bits per heavy atom. The summed E-state index contributed by atoms with van der Waals surface area (Å²) in [5, 5.41) is 1.56. The Hall–Kier alpha value is -2.31. The van der Waals surface area contributed by atoms with Gasteiger partial charge in [-0.15, -0.1) is 0 Å². The van der Waals surface area contributed by atoms with Crippen LogP contribution in [0.15, 0.2) is 42.9 Å². The van der Waals surface area contributed by atoms with E-state index in [-0.39, 0.29) is 0 Å². The van der Waals surface area contributed by atoms with Crippen LogP contribution in [-0.2, 0) is 6.54 Å². The largest absolute Gasteiger partial charge is 0.354 e. The maximum absolute atomic E-state index is 6.25. The zero-order valence-electron chi connectivity index (χ0n) is 14.3. The van der Waals surface area contributed by atoms with Gasteiger partial charge in [-0.2, -0.15) is 0 Å². The van der Waals surface area contributed by atoms with Crippen LogP contribution in [0.2, 0.25) is 5.15 Å². The number of halogens is 1. The van der Waals surface area contributed by atoms with Crippen LogP contribution in [0.4, 0.5) is 5.82 Å². The molecular weight excluding hydrogens is 348 g/mol. The molecule has 0 bridgehead atoms. The van der Waals surface area contributed by atoms with E-state index in [2.05, 4.69) is 35.8 Å². The van der Waals surface area contributed by atoms with Gasteiger partial charge in [-0.05, 0) is 37.1 Å². The molecule has 5 heterocycles. The van der Waals surface area contributed by atoms with Gasteiger partial charge in [0.2, 0.25) is 0 Å². The molecule has 132 valence electrons. The third-order valence-electron chi connectivity index (χ3n) is 5.47. The molecule has 26 heavy (non-hydrogen) atoms. The Labute approximate surface area is 156 Å². The van der Waals surface area contributed by atoms with E-state index in [1.165, 1.54) is 6.42 Å². The molecule has 0 spiro atoms. The molecule has 2 aliphatic rings. The summed E-state index contributed by atoms with van der Waals surface area (Å²) < 4.78 is 0. The van der Waals surface area contributed by atoms with Gasteiger partial charge in [-0.3, -0.25) is 9.88 Å². The molecule has 0 N–H and O–H groups in total. The van der Waals surface area contributed by atoms with E-state index >= 15 is 0 Å². The minimum absolute atomic E-state index is 0.498. The summed E-state index contributed by atoms with van der Waals surface area (Å²) in [6.07, 6.45) is 6.62. The van der Waals surface area contributed by atoms with Crippen LogP contribution < -0.4 is 4.90 Å². The van der Waals surface area contributed by atoms with Crippen LogP contribution in [-0.4, -0.2) is 50.5 Å². The van der Waals surface area contributed by atoms with Crippen molar-refractivity contribution in [1.29, 1.82) is 0 Å². The average molecular weight is 367 g/mol. The molecule has 3 aromatic heterocycles. The summed E-state index contributed by atoms with van der Waals surface area (Å²) in [6, 6.07) is 8.22. The molecule has 6 nitrogen and oxygen atoms in total.